The molecule has 0 saturated carbocycles. The van der Waals surface area contributed by atoms with E-state index in [0.29, 0.717) is 28.9 Å². The summed E-state index contributed by atoms with van der Waals surface area (Å²) in [7, 11) is 1.95. The molecule has 5 heteroatoms. The largest absolute Gasteiger partial charge is 0.341 e. The Morgan fingerprint density at radius 1 is 1.45 bits per heavy atom. The third-order valence-corrected chi connectivity index (χ3v) is 4.68. The van der Waals surface area contributed by atoms with Crippen molar-refractivity contribution in [3.63, 3.8) is 0 Å². The summed E-state index contributed by atoms with van der Waals surface area (Å²) >= 11 is 12.1. The lowest BCUT2D eigenvalue weighted by molar-refractivity contribution is -0.132. The number of piperidine rings is 1. The third kappa shape index (κ3) is 3.87. The fourth-order valence-electron chi connectivity index (χ4n) is 2.58. The molecule has 0 spiro atoms. The van der Waals surface area contributed by atoms with Crippen molar-refractivity contribution in [1.29, 1.82) is 0 Å². The molecule has 2 rings (SSSR count). The van der Waals surface area contributed by atoms with E-state index in [1.165, 1.54) is 0 Å². The van der Waals surface area contributed by atoms with Crippen LogP contribution in [0.15, 0.2) is 18.2 Å². The maximum absolute atomic E-state index is 12.3. The third-order valence-electron chi connectivity index (χ3n) is 3.82. The van der Waals surface area contributed by atoms with Crippen LogP contribution in [0.3, 0.4) is 0 Å². The number of halogens is 2. The van der Waals surface area contributed by atoms with Crippen LogP contribution in [0.2, 0.25) is 10.0 Å². The standard InChI is InChI=1S/C15H20Cl2N2O/c1-18-12-5-3-9-19(10-12)14(20)8-7-11-4-2-6-13(16)15(11)17/h2,4,6,12,18H,3,5,7-10H2,1H3. The molecule has 110 valence electrons. The number of benzene rings is 1. The summed E-state index contributed by atoms with van der Waals surface area (Å²) in [5.41, 5.74) is 0.940. The number of rotatable bonds is 4. The van der Waals surface area contributed by atoms with Gasteiger partial charge in [0.1, 0.15) is 0 Å². The normalized spacial score (nSPS) is 19.1. The second-order valence-corrected chi connectivity index (χ2v) is 5.97. The monoisotopic (exact) mass is 314 g/mol. The molecule has 1 atom stereocenters. The Hall–Kier alpha value is -0.770. The van der Waals surface area contributed by atoms with Crippen LogP contribution in [0.1, 0.15) is 24.8 Å². The van der Waals surface area contributed by atoms with Gasteiger partial charge in [0.05, 0.1) is 10.0 Å². The molecular formula is C15H20Cl2N2O. The van der Waals surface area contributed by atoms with E-state index >= 15 is 0 Å². The Morgan fingerprint density at radius 2 is 2.25 bits per heavy atom. The SMILES string of the molecule is CNC1CCCN(C(=O)CCc2cccc(Cl)c2Cl)C1. The van der Waals surface area contributed by atoms with Gasteiger partial charge in [-0.25, -0.2) is 0 Å². The molecule has 0 aromatic heterocycles. The number of carbonyl (C=O) groups excluding carboxylic acids is 1. The predicted molar refractivity (Wildman–Crippen MR) is 83.4 cm³/mol. The fourth-order valence-corrected chi connectivity index (χ4v) is 3.00. The van der Waals surface area contributed by atoms with Crippen LogP contribution < -0.4 is 5.32 Å². The summed E-state index contributed by atoms with van der Waals surface area (Å²) in [5.74, 6) is 0.195. The first-order valence-corrected chi connectivity index (χ1v) is 7.75. The molecule has 1 unspecified atom stereocenters. The van der Waals surface area contributed by atoms with Gasteiger partial charge in [0.25, 0.3) is 0 Å². The van der Waals surface area contributed by atoms with Gasteiger partial charge in [0, 0.05) is 25.6 Å². The van der Waals surface area contributed by atoms with Gasteiger partial charge in [-0.15, -0.1) is 0 Å². The molecule has 0 radical (unpaired) electrons. The zero-order valence-electron chi connectivity index (χ0n) is 11.7. The molecule has 1 fully saturated rings. The number of nitrogens with zero attached hydrogens (tertiary/aromatic N) is 1. The highest BCUT2D eigenvalue weighted by Crippen LogP contribution is 2.26. The van der Waals surface area contributed by atoms with Gasteiger partial charge >= 0.3 is 0 Å². The first kappa shape index (κ1) is 15.6. The second-order valence-electron chi connectivity index (χ2n) is 5.18. The maximum atomic E-state index is 12.3. The summed E-state index contributed by atoms with van der Waals surface area (Å²) in [6.07, 6.45) is 3.32. The lowest BCUT2D eigenvalue weighted by atomic mass is 10.0. The van der Waals surface area contributed by atoms with Gasteiger partial charge < -0.3 is 10.2 Å². The molecule has 1 aliphatic heterocycles. The molecule has 0 aliphatic carbocycles. The highest BCUT2D eigenvalue weighted by atomic mass is 35.5. The van der Waals surface area contributed by atoms with Crippen LogP contribution in [-0.2, 0) is 11.2 Å². The van der Waals surface area contributed by atoms with Crippen LogP contribution in [0, 0.1) is 0 Å². The van der Waals surface area contributed by atoms with E-state index in [-0.39, 0.29) is 5.91 Å². The number of likely N-dealkylation sites (N-methyl/N-ethyl adjacent to an activating group) is 1. The van der Waals surface area contributed by atoms with E-state index in [1.54, 1.807) is 6.07 Å². The number of nitrogens with one attached hydrogen (secondary N) is 1. The van der Waals surface area contributed by atoms with E-state index < -0.39 is 0 Å². The van der Waals surface area contributed by atoms with Crippen molar-refractivity contribution >= 4 is 29.1 Å². The van der Waals surface area contributed by atoms with E-state index in [0.717, 1.165) is 31.5 Å². The van der Waals surface area contributed by atoms with E-state index in [1.807, 2.05) is 24.1 Å². The lowest BCUT2D eigenvalue weighted by Gasteiger charge is -2.32. The summed E-state index contributed by atoms with van der Waals surface area (Å²) in [4.78, 5) is 14.2. The summed E-state index contributed by atoms with van der Waals surface area (Å²) < 4.78 is 0. The van der Waals surface area contributed by atoms with Gasteiger partial charge in [-0.3, -0.25) is 4.79 Å². The Bertz CT molecular complexity index is 479. The highest BCUT2D eigenvalue weighted by Gasteiger charge is 2.22. The average Bonchev–Trinajstić information content (AvgIpc) is 2.48. The molecule has 1 aromatic rings. The number of hydrogen-bond donors (Lipinski definition) is 1. The number of aryl methyl sites for hydroxylation is 1. The van der Waals surface area contributed by atoms with Crippen molar-refractivity contribution in [3.05, 3.63) is 33.8 Å². The second kappa shape index (κ2) is 7.30. The fraction of sp³-hybridized carbons (Fsp3) is 0.533. The smallest absolute Gasteiger partial charge is 0.222 e. The van der Waals surface area contributed by atoms with Crippen molar-refractivity contribution in [2.24, 2.45) is 0 Å². The van der Waals surface area contributed by atoms with Crippen LogP contribution in [-0.4, -0.2) is 37.0 Å². The topological polar surface area (TPSA) is 32.3 Å². The van der Waals surface area contributed by atoms with Crippen LogP contribution >= 0.6 is 23.2 Å². The predicted octanol–water partition coefficient (Wildman–Crippen LogP) is 3.14. The Morgan fingerprint density at radius 3 is 3.00 bits per heavy atom. The van der Waals surface area contributed by atoms with Gasteiger partial charge in [0.2, 0.25) is 5.91 Å². The molecule has 1 saturated heterocycles. The molecule has 1 aliphatic rings. The zero-order valence-corrected chi connectivity index (χ0v) is 13.2. The first-order valence-electron chi connectivity index (χ1n) is 6.99. The van der Waals surface area contributed by atoms with Crippen molar-refractivity contribution in [1.82, 2.24) is 10.2 Å². The molecule has 1 heterocycles. The minimum Gasteiger partial charge on any atom is -0.341 e. The number of carbonyl (C=O) groups is 1. The molecule has 3 nitrogen and oxygen atoms in total. The van der Waals surface area contributed by atoms with Crippen LogP contribution in [0.5, 0.6) is 0 Å². The van der Waals surface area contributed by atoms with E-state index in [2.05, 4.69) is 5.32 Å². The molecule has 1 amide bonds. The number of likely N-dealkylation sites (tertiary alicyclic amines) is 1. The van der Waals surface area contributed by atoms with Crippen molar-refractivity contribution < 1.29 is 4.79 Å². The summed E-state index contributed by atoms with van der Waals surface area (Å²) in [6.45, 7) is 1.67. The van der Waals surface area contributed by atoms with Crippen molar-refractivity contribution in [2.75, 3.05) is 20.1 Å². The average molecular weight is 315 g/mol. The Balaban J connectivity index is 1.90. The summed E-state index contributed by atoms with van der Waals surface area (Å²) in [6, 6.07) is 5.97. The summed E-state index contributed by atoms with van der Waals surface area (Å²) in [5, 5.41) is 4.36. The van der Waals surface area contributed by atoms with Crippen molar-refractivity contribution in [3.8, 4) is 0 Å². The highest BCUT2D eigenvalue weighted by molar-refractivity contribution is 6.42. The first-order chi connectivity index (χ1) is 9.61. The quantitative estimate of drug-likeness (QED) is 0.926. The zero-order chi connectivity index (χ0) is 14.5. The Labute approximate surface area is 130 Å². The maximum Gasteiger partial charge on any atom is 0.222 e. The molecule has 1 N–H and O–H groups in total. The van der Waals surface area contributed by atoms with Gasteiger partial charge in [-0.1, -0.05) is 35.3 Å². The van der Waals surface area contributed by atoms with Gasteiger partial charge in [-0.05, 0) is 37.9 Å². The van der Waals surface area contributed by atoms with Gasteiger partial charge in [-0.2, -0.15) is 0 Å². The van der Waals surface area contributed by atoms with Crippen molar-refractivity contribution in [2.45, 2.75) is 31.7 Å². The van der Waals surface area contributed by atoms with Gasteiger partial charge in [0.15, 0.2) is 0 Å². The lowest BCUT2D eigenvalue weighted by Crippen LogP contribution is -2.47. The molecule has 0 bridgehead atoms. The minimum atomic E-state index is 0.195. The molecule has 20 heavy (non-hydrogen) atoms. The molecule has 1 aromatic carbocycles. The van der Waals surface area contributed by atoms with Crippen LogP contribution in [0.25, 0.3) is 0 Å². The van der Waals surface area contributed by atoms with E-state index in [9.17, 15) is 4.79 Å². The number of amides is 1. The number of hydrogen-bond acceptors (Lipinski definition) is 2. The van der Waals surface area contributed by atoms with E-state index in [4.69, 9.17) is 23.2 Å². The molecular weight excluding hydrogens is 295 g/mol. The Kier molecular flexibility index (Phi) is 5.70. The minimum absolute atomic E-state index is 0.195. The van der Waals surface area contributed by atoms with Crippen LogP contribution in [0.4, 0.5) is 0 Å².